The van der Waals surface area contributed by atoms with Gasteiger partial charge in [-0.2, -0.15) is 9.57 Å². The number of benzene rings is 1. The summed E-state index contributed by atoms with van der Waals surface area (Å²) in [6, 6.07) is 10.9. The molecule has 2 aliphatic rings. The van der Waals surface area contributed by atoms with E-state index >= 15 is 0 Å². The molecule has 1 fully saturated rings. The molecule has 7 nitrogen and oxygen atoms in total. The number of piperazine rings is 1. The largest absolute Gasteiger partial charge is 0.370 e. The highest BCUT2D eigenvalue weighted by Gasteiger charge is 2.34. The number of aromatic nitrogens is 1. The van der Waals surface area contributed by atoms with E-state index in [1.807, 2.05) is 25.7 Å². The molecule has 0 N–H and O–H groups in total. The van der Waals surface area contributed by atoms with Gasteiger partial charge in [0.05, 0.1) is 22.7 Å². The second kappa shape index (κ2) is 7.65. The van der Waals surface area contributed by atoms with Crippen LogP contribution < -0.4 is 4.90 Å². The van der Waals surface area contributed by atoms with Gasteiger partial charge in [-0.05, 0) is 38.5 Å². The predicted octanol–water partition coefficient (Wildman–Crippen LogP) is 2.62. The fourth-order valence-electron chi connectivity index (χ4n) is 4.15. The number of anilines is 1. The number of pyridine rings is 1. The van der Waals surface area contributed by atoms with Crippen molar-refractivity contribution in [3.63, 3.8) is 0 Å². The van der Waals surface area contributed by atoms with Crippen molar-refractivity contribution in [2.45, 2.75) is 44.3 Å². The van der Waals surface area contributed by atoms with Crippen molar-refractivity contribution in [3.05, 3.63) is 52.7 Å². The van der Waals surface area contributed by atoms with Gasteiger partial charge in [0.2, 0.25) is 10.0 Å². The van der Waals surface area contributed by atoms with Crippen LogP contribution in [0, 0.1) is 18.3 Å². The van der Waals surface area contributed by atoms with E-state index in [9.17, 15) is 13.7 Å². The maximum absolute atomic E-state index is 12.9. The first-order valence-electron chi connectivity index (χ1n) is 10.1. The summed E-state index contributed by atoms with van der Waals surface area (Å²) in [5, 5.41) is 9.93. The third kappa shape index (κ3) is 3.69. The maximum atomic E-state index is 12.9. The summed E-state index contributed by atoms with van der Waals surface area (Å²) < 4.78 is 33.2. The van der Waals surface area contributed by atoms with Crippen LogP contribution in [0.3, 0.4) is 0 Å². The van der Waals surface area contributed by atoms with E-state index in [4.69, 9.17) is 9.72 Å². The number of ether oxygens (including phenoxy) is 1. The molecule has 2 aliphatic heterocycles. The molecule has 1 aromatic heterocycles. The number of aryl methyl sites for hydroxylation is 1. The molecule has 0 radical (unpaired) electrons. The van der Waals surface area contributed by atoms with Crippen molar-refractivity contribution >= 4 is 15.8 Å². The second-order valence-electron chi connectivity index (χ2n) is 8.39. The van der Waals surface area contributed by atoms with Crippen molar-refractivity contribution in [3.8, 4) is 6.07 Å². The lowest BCUT2D eigenvalue weighted by Gasteiger charge is -2.37. The van der Waals surface area contributed by atoms with Gasteiger partial charge in [0, 0.05) is 43.9 Å². The zero-order valence-electron chi connectivity index (χ0n) is 17.6. The molecule has 1 saturated heterocycles. The van der Waals surface area contributed by atoms with Gasteiger partial charge < -0.3 is 9.64 Å². The SMILES string of the molecule is Cc1nc(N2CCN(S(=O)(=O)c3ccccc3)CC2)c(C#N)c2c1COC(C)(C)C2. The highest BCUT2D eigenvalue weighted by atomic mass is 32.2. The molecule has 4 rings (SSSR count). The molecule has 0 aliphatic carbocycles. The third-order valence-electron chi connectivity index (χ3n) is 5.84. The van der Waals surface area contributed by atoms with Crippen molar-refractivity contribution in [1.29, 1.82) is 5.26 Å². The molecule has 2 aromatic rings. The number of nitrogens with zero attached hydrogens (tertiary/aromatic N) is 4. The normalized spacial score (nSPS) is 19.2. The lowest BCUT2D eigenvalue weighted by atomic mass is 9.88. The summed E-state index contributed by atoms with van der Waals surface area (Å²) in [6.07, 6.45) is 0.657. The van der Waals surface area contributed by atoms with E-state index in [1.165, 1.54) is 4.31 Å². The number of nitriles is 1. The predicted molar refractivity (Wildman–Crippen MR) is 114 cm³/mol. The summed E-state index contributed by atoms with van der Waals surface area (Å²) in [5.74, 6) is 0.656. The van der Waals surface area contributed by atoms with E-state index in [0.29, 0.717) is 55.5 Å². The highest BCUT2D eigenvalue weighted by Crippen LogP contribution is 2.35. The zero-order valence-corrected chi connectivity index (χ0v) is 18.4. The number of hydrogen-bond donors (Lipinski definition) is 0. The van der Waals surface area contributed by atoms with Gasteiger partial charge in [-0.1, -0.05) is 18.2 Å². The van der Waals surface area contributed by atoms with E-state index in [0.717, 1.165) is 16.8 Å². The molecule has 0 spiro atoms. The first-order chi connectivity index (χ1) is 14.2. The van der Waals surface area contributed by atoms with Gasteiger partial charge in [-0.3, -0.25) is 0 Å². The van der Waals surface area contributed by atoms with Gasteiger partial charge in [0.15, 0.2) is 0 Å². The Morgan fingerprint density at radius 3 is 2.40 bits per heavy atom. The molecule has 30 heavy (non-hydrogen) atoms. The summed E-state index contributed by atoms with van der Waals surface area (Å²) >= 11 is 0. The minimum absolute atomic E-state index is 0.307. The van der Waals surface area contributed by atoms with Crippen LogP contribution in [0.1, 0.15) is 36.2 Å². The number of hydrogen-bond acceptors (Lipinski definition) is 6. The van der Waals surface area contributed by atoms with E-state index < -0.39 is 10.0 Å². The third-order valence-corrected chi connectivity index (χ3v) is 7.75. The summed E-state index contributed by atoms with van der Waals surface area (Å²) in [7, 11) is -3.52. The first-order valence-corrected chi connectivity index (χ1v) is 11.5. The van der Waals surface area contributed by atoms with E-state index in [1.54, 1.807) is 30.3 Å². The first kappa shape index (κ1) is 20.8. The molecule has 0 atom stereocenters. The van der Waals surface area contributed by atoms with Gasteiger partial charge >= 0.3 is 0 Å². The maximum Gasteiger partial charge on any atom is 0.243 e. The Labute approximate surface area is 177 Å². The van der Waals surface area contributed by atoms with Crippen LogP contribution in [-0.4, -0.2) is 49.5 Å². The monoisotopic (exact) mass is 426 g/mol. The van der Waals surface area contributed by atoms with Crippen LogP contribution >= 0.6 is 0 Å². The summed E-state index contributed by atoms with van der Waals surface area (Å²) in [5.41, 5.74) is 3.14. The highest BCUT2D eigenvalue weighted by molar-refractivity contribution is 7.89. The van der Waals surface area contributed by atoms with Gasteiger partial charge in [0.1, 0.15) is 11.9 Å². The lowest BCUT2D eigenvalue weighted by Crippen LogP contribution is -2.49. The number of sulfonamides is 1. The van der Waals surface area contributed by atoms with Crippen LogP contribution in [0.2, 0.25) is 0 Å². The minimum Gasteiger partial charge on any atom is -0.370 e. The Kier molecular flexibility index (Phi) is 5.30. The Balaban J connectivity index is 1.60. The quantitative estimate of drug-likeness (QED) is 0.750. The van der Waals surface area contributed by atoms with E-state index in [-0.39, 0.29) is 5.60 Å². The van der Waals surface area contributed by atoms with Crippen molar-refractivity contribution in [1.82, 2.24) is 9.29 Å². The van der Waals surface area contributed by atoms with E-state index in [2.05, 4.69) is 6.07 Å². The smallest absolute Gasteiger partial charge is 0.243 e. The van der Waals surface area contributed by atoms with Crippen molar-refractivity contribution in [2.24, 2.45) is 0 Å². The molecule has 0 bridgehead atoms. The summed E-state index contributed by atoms with van der Waals surface area (Å²) in [4.78, 5) is 7.07. The fraction of sp³-hybridized carbons (Fsp3) is 0.455. The number of rotatable bonds is 3. The van der Waals surface area contributed by atoms with Crippen LogP contribution in [0.5, 0.6) is 0 Å². The Hall–Kier alpha value is -2.47. The summed E-state index contributed by atoms with van der Waals surface area (Å²) in [6.45, 7) is 8.15. The fourth-order valence-corrected chi connectivity index (χ4v) is 5.59. The minimum atomic E-state index is -3.52. The average Bonchev–Trinajstić information content (AvgIpc) is 2.73. The van der Waals surface area contributed by atoms with Crippen LogP contribution in [-0.2, 0) is 27.8 Å². The van der Waals surface area contributed by atoms with Crippen LogP contribution in [0.4, 0.5) is 5.82 Å². The Morgan fingerprint density at radius 1 is 1.10 bits per heavy atom. The molecule has 1 aromatic carbocycles. The molecular weight excluding hydrogens is 400 g/mol. The van der Waals surface area contributed by atoms with Crippen molar-refractivity contribution in [2.75, 3.05) is 31.1 Å². The Bertz CT molecular complexity index is 1100. The average molecular weight is 427 g/mol. The molecule has 0 amide bonds. The molecule has 3 heterocycles. The molecular formula is C22H26N4O3S. The standard InChI is InChI=1S/C22H26N4O3S/c1-16-20-15-29-22(2,3)13-18(20)19(14-23)21(24-16)25-9-11-26(12-10-25)30(27,28)17-7-5-4-6-8-17/h4-8H,9-13,15H2,1-3H3. The molecule has 8 heteroatoms. The lowest BCUT2D eigenvalue weighted by molar-refractivity contribution is -0.0405. The van der Waals surface area contributed by atoms with Gasteiger partial charge in [-0.25, -0.2) is 13.4 Å². The molecule has 0 unspecified atom stereocenters. The molecule has 0 saturated carbocycles. The van der Waals surface area contributed by atoms with Crippen LogP contribution in [0.25, 0.3) is 0 Å². The topological polar surface area (TPSA) is 86.5 Å². The van der Waals surface area contributed by atoms with Crippen LogP contribution in [0.15, 0.2) is 35.2 Å². The number of fused-ring (bicyclic) bond motifs is 1. The van der Waals surface area contributed by atoms with Crippen molar-refractivity contribution < 1.29 is 13.2 Å². The second-order valence-corrected chi connectivity index (χ2v) is 10.3. The van der Waals surface area contributed by atoms with Gasteiger partial charge in [0.25, 0.3) is 0 Å². The zero-order chi connectivity index (χ0) is 21.5. The Morgan fingerprint density at radius 2 is 1.77 bits per heavy atom. The molecule has 158 valence electrons. The van der Waals surface area contributed by atoms with Gasteiger partial charge in [-0.15, -0.1) is 0 Å².